The van der Waals surface area contributed by atoms with Crippen molar-refractivity contribution >= 4 is 23.1 Å². The second kappa shape index (κ2) is 7.25. The number of carbonyl (C=O) groups excluding carboxylic acids is 1. The van der Waals surface area contributed by atoms with Gasteiger partial charge in [-0.1, -0.05) is 30.3 Å². The number of hydrogen-bond donors (Lipinski definition) is 1. The molecule has 4 rings (SSSR count). The minimum Gasteiger partial charge on any atom is -0.315 e. The molecule has 0 spiro atoms. The Morgan fingerprint density at radius 1 is 1.15 bits per heavy atom. The first kappa shape index (κ1) is 16.7. The van der Waals surface area contributed by atoms with Crippen molar-refractivity contribution in [1.29, 1.82) is 0 Å². The van der Waals surface area contributed by atoms with E-state index in [1.807, 2.05) is 29.3 Å². The number of rotatable bonds is 3. The van der Waals surface area contributed by atoms with Gasteiger partial charge in [-0.05, 0) is 42.7 Å². The molecule has 4 nitrogen and oxygen atoms in total. The van der Waals surface area contributed by atoms with Crippen molar-refractivity contribution in [2.45, 2.75) is 18.9 Å². The maximum atomic E-state index is 13.0. The van der Waals surface area contributed by atoms with Crippen molar-refractivity contribution < 1.29 is 9.18 Å². The van der Waals surface area contributed by atoms with Gasteiger partial charge in [-0.3, -0.25) is 0 Å². The Hall–Kier alpha value is -2.73. The van der Waals surface area contributed by atoms with Crippen molar-refractivity contribution in [1.82, 2.24) is 9.88 Å². The summed E-state index contributed by atoms with van der Waals surface area (Å²) in [6, 6.07) is 15.7. The van der Waals surface area contributed by atoms with E-state index in [0.29, 0.717) is 12.2 Å². The van der Waals surface area contributed by atoms with Gasteiger partial charge in [0.15, 0.2) is 0 Å². The number of hydrogen-bond acceptors (Lipinski definition) is 3. The second-order valence-electron chi connectivity index (χ2n) is 6.22. The fourth-order valence-electron chi connectivity index (χ4n) is 3.17. The van der Waals surface area contributed by atoms with E-state index >= 15 is 0 Å². The molecule has 0 saturated carbocycles. The molecule has 0 unspecified atom stereocenters. The largest absolute Gasteiger partial charge is 0.322 e. The lowest BCUT2D eigenvalue weighted by molar-refractivity contribution is 0.207. The normalized spacial score (nSPS) is 16.7. The third kappa shape index (κ3) is 3.46. The third-order valence-corrected chi connectivity index (χ3v) is 5.62. The highest BCUT2D eigenvalue weighted by Gasteiger charge is 2.32. The molecule has 1 N–H and O–H groups in total. The van der Waals surface area contributed by atoms with Crippen LogP contribution in [0.5, 0.6) is 0 Å². The molecule has 0 radical (unpaired) electrons. The summed E-state index contributed by atoms with van der Waals surface area (Å²) in [6.45, 7) is 0.692. The Morgan fingerprint density at radius 2 is 1.92 bits per heavy atom. The van der Waals surface area contributed by atoms with Crippen LogP contribution in [0.15, 0.2) is 60.8 Å². The number of nitrogens with zero attached hydrogens (tertiary/aromatic N) is 2. The van der Waals surface area contributed by atoms with E-state index < -0.39 is 0 Å². The van der Waals surface area contributed by atoms with Gasteiger partial charge in [-0.15, -0.1) is 11.3 Å². The Morgan fingerprint density at radius 3 is 2.69 bits per heavy atom. The molecule has 1 atom stereocenters. The van der Waals surface area contributed by atoms with Gasteiger partial charge in [0.1, 0.15) is 10.8 Å². The number of aromatic nitrogens is 1. The molecule has 1 aromatic heterocycles. The van der Waals surface area contributed by atoms with Gasteiger partial charge in [-0.2, -0.15) is 0 Å². The average molecular weight is 367 g/mol. The van der Waals surface area contributed by atoms with Crippen LogP contribution in [0.3, 0.4) is 0 Å². The Balaban J connectivity index is 1.50. The summed E-state index contributed by atoms with van der Waals surface area (Å²) in [5.74, 6) is -0.321. The molecular formula is C20H18FN3OS. The molecule has 3 aromatic rings. The smallest absolute Gasteiger partial charge is 0.315 e. The summed E-state index contributed by atoms with van der Waals surface area (Å²) >= 11 is 1.63. The highest BCUT2D eigenvalue weighted by molar-refractivity contribution is 7.15. The standard InChI is InChI=1S/C20H18FN3OS/c21-15-8-10-16(11-9-15)23-20(25)24-12-4-7-17(24)19-22-13-18(26-19)14-5-2-1-3-6-14/h1-3,5-6,8-11,13,17H,4,7,12H2,(H,23,25)/t17-/m0/s1. The second-order valence-corrected chi connectivity index (χ2v) is 7.28. The molecule has 1 saturated heterocycles. The number of likely N-dealkylation sites (tertiary alicyclic amines) is 1. The topological polar surface area (TPSA) is 45.2 Å². The Labute approximate surface area is 155 Å². The van der Waals surface area contributed by atoms with Gasteiger partial charge >= 0.3 is 6.03 Å². The molecule has 2 amide bonds. The van der Waals surface area contributed by atoms with E-state index in [2.05, 4.69) is 22.4 Å². The minimum atomic E-state index is -0.321. The SMILES string of the molecule is O=C(Nc1ccc(F)cc1)N1CCC[C@H]1c1ncc(-c2ccccc2)s1. The van der Waals surface area contributed by atoms with Gasteiger partial charge in [0.2, 0.25) is 0 Å². The Kier molecular flexibility index (Phi) is 4.67. The zero-order valence-electron chi connectivity index (χ0n) is 14.1. The zero-order valence-corrected chi connectivity index (χ0v) is 14.9. The first-order chi connectivity index (χ1) is 12.7. The van der Waals surface area contributed by atoms with Gasteiger partial charge in [0.05, 0.1) is 10.9 Å². The van der Waals surface area contributed by atoms with Crippen molar-refractivity contribution in [2.24, 2.45) is 0 Å². The highest BCUT2D eigenvalue weighted by atomic mass is 32.1. The predicted molar refractivity (Wildman–Crippen MR) is 102 cm³/mol. The molecule has 1 aliphatic heterocycles. The van der Waals surface area contributed by atoms with Crippen LogP contribution < -0.4 is 5.32 Å². The lowest BCUT2D eigenvalue weighted by Gasteiger charge is -2.23. The maximum absolute atomic E-state index is 13.0. The molecule has 2 heterocycles. The number of carbonyl (C=O) groups is 1. The number of amides is 2. The Bertz CT molecular complexity index is 895. The van der Waals surface area contributed by atoms with Gasteiger partial charge < -0.3 is 10.2 Å². The van der Waals surface area contributed by atoms with E-state index in [0.717, 1.165) is 28.3 Å². The van der Waals surface area contributed by atoms with Crippen molar-refractivity contribution in [2.75, 3.05) is 11.9 Å². The van der Waals surface area contributed by atoms with E-state index in [1.165, 1.54) is 12.1 Å². The van der Waals surface area contributed by atoms with Gasteiger partial charge in [0, 0.05) is 18.4 Å². The summed E-state index contributed by atoms with van der Waals surface area (Å²) < 4.78 is 13.0. The maximum Gasteiger partial charge on any atom is 0.322 e. The zero-order chi connectivity index (χ0) is 17.9. The minimum absolute atomic E-state index is 0.0158. The summed E-state index contributed by atoms with van der Waals surface area (Å²) in [5.41, 5.74) is 1.72. The van der Waals surface area contributed by atoms with Crippen LogP contribution in [-0.2, 0) is 0 Å². The molecule has 0 bridgehead atoms. The van der Waals surface area contributed by atoms with Gasteiger partial charge in [-0.25, -0.2) is 14.2 Å². The van der Waals surface area contributed by atoms with Gasteiger partial charge in [0.25, 0.3) is 0 Å². The summed E-state index contributed by atoms with van der Waals surface area (Å²) in [6.07, 6.45) is 3.73. The van der Waals surface area contributed by atoms with Crippen LogP contribution in [-0.4, -0.2) is 22.5 Å². The number of nitrogens with one attached hydrogen (secondary N) is 1. The van der Waals surface area contributed by atoms with Crippen LogP contribution in [0.25, 0.3) is 10.4 Å². The molecular weight excluding hydrogens is 349 g/mol. The fraction of sp³-hybridized carbons (Fsp3) is 0.200. The van der Waals surface area contributed by atoms with Crippen LogP contribution >= 0.6 is 11.3 Å². The lowest BCUT2D eigenvalue weighted by atomic mass is 10.2. The molecule has 1 aliphatic rings. The molecule has 2 aromatic carbocycles. The average Bonchev–Trinajstić information content (AvgIpc) is 3.33. The summed E-state index contributed by atoms with van der Waals surface area (Å²) in [7, 11) is 0. The number of urea groups is 1. The van der Waals surface area contributed by atoms with Crippen molar-refractivity contribution in [3.8, 4) is 10.4 Å². The van der Waals surface area contributed by atoms with E-state index in [9.17, 15) is 9.18 Å². The first-order valence-electron chi connectivity index (χ1n) is 8.55. The van der Waals surface area contributed by atoms with E-state index in [4.69, 9.17) is 0 Å². The van der Waals surface area contributed by atoms with Crippen LogP contribution in [0.1, 0.15) is 23.9 Å². The number of thiazole rings is 1. The van der Waals surface area contributed by atoms with Crippen LogP contribution in [0.2, 0.25) is 0 Å². The molecule has 26 heavy (non-hydrogen) atoms. The van der Waals surface area contributed by atoms with Crippen molar-refractivity contribution in [3.05, 3.63) is 71.6 Å². The highest BCUT2D eigenvalue weighted by Crippen LogP contribution is 2.37. The summed E-state index contributed by atoms with van der Waals surface area (Å²) in [5, 5.41) is 3.80. The van der Waals surface area contributed by atoms with Crippen LogP contribution in [0.4, 0.5) is 14.9 Å². The third-order valence-electron chi connectivity index (χ3n) is 4.48. The molecule has 132 valence electrons. The molecule has 6 heteroatoms. The first-order valence-corrected chi connectivity index (χ1v) is 9.37. The van der Waals surface area contributed by atoms with Crippen LogP contribution in [0, 0.1) is 5.82 Å². The lowest BCUT2D eigenvalue weighted by Crippen LogP contribution is -2.34. The number of halogens is 1. The van der Waals surface area contributed by atoms with E-state index in [1.54, 1.807) is 23.5 Å². The van der Waals surface area contributed by atoms with Crippen molar-refractivity contribution in [3.63, 3.8) is 0 Å². The molecule has 1 fully saturated rings. The predicted octanol–water partition coefficient (Wildman–Crippen LogP) is 5.32. The quantitative estimate of drug-likeness (QED) is 0.681. The number of benzene rings is 2. The van der Waals surface area contributed by atoms with E-state index in [-0.39, 0.29) is 17.9 Å². The number of anilines is 1. The fourth-order valence-corrected chi connectivity index (χ4v) is 4.24. The monoisotopic (exact) mass is 367 g/mol. The summed E-state index contributed by atoms with van der Waals surface area (Å²) in [4.78, 5) is 20.2. The molecule has 0 aliphatic carbocycles.